The van der Waals surface area contributed by atoms with Crippen molar-refractivity contribution in [2.75, 3.05) is 11.9 Å². The van der Waals surface area contributed by atoms with Crippen LogP contribution in [0.25, 0.3) is 0 Å². The van der Waals surface area contributed by atoms with E-state index in [-0.39, 0.29) is 5.91 Å². The number of aryl methyl sites for hydroxylation is 2. The maximum atomic E-state index is 12.4. The van der Waals surface area contributed by atoms with Crippen molar-refractivity contribution >= 4 is 11.6 Å². The molecule has 0 fully saturated rings. The van der Waals surface area contributed by atoms with Crippen molar-refractivity contribution in [1.82, 2.24) is 9.78 Å². The third-order valence-corrected chi connectivity index (χ3v) is 3.43. The smallest absolute Gasteiger partial charge is 0.255 e. The third-order valence-electron chi connectivity index (χ3n) is 3.43. The molecule has 118 valence electrons. The van der Waals surface area contributed by atoms with Crippen molar-refractivity contribution in [2.24, 2.45) is 13.0 Å². The molecule has 1 aromatic carbocycles. The van der Waals surface area contributed by atoms with Crippen molar-refractivity contribution < 1.29 is 9.53 Å². The van der Waals surface area contributed by atoms with Crippen LogP contribution < -0.4 is 10.1 Å². The minimum atomic E-state index is -0.158. The summed E-state index contributed by atoms with van der Waals surface area (Å²) in [6.45, 7) is 8.61. The second-order valence-corrected chi connectivity index (χ2v) is 5.86. The molecule has 22 heavy (non-hydrogen) atoms. The van der Waals surface area contributed by atoms with Gasteiger partial charge < -0.3 is 10.1 Å². The predicted molar refractivity (Wildman–Crippen MR) is 87.4 cm³/mol. The Kier molecular flexibility index (Phi) is 4.85. The van der Waals surface area contributed by atoms with Crippen LogP contribution in [0, 0.1) is 19.8 Å². The Balaban J connectivity index is 2.14. The van der Waals surface area contributed by atoms with E-state index in [4.69, 9.17) is 4.74 Å². The maximum Gasteiger partial charge on any atom is 0.255 e. The lowest BCUT2D eigenvalue weighted by atomic mass is 10.2. The largest absolute Gasteiger partial charge is 0.493 e. The van der Waals surface area contributed by atoms with E-state index in [0.717, 1.165) is 17.1 Å². The summed E-state index contributed by atoms with van der Waals surface area (Å²) in [5.74, 6) is 0.994. The number of aromatic nitrogens is 2. The van der Waals surface area contributed by atoms with E-state index < -0.39 is 0 Å². The third kappa shape index (κ3) is 3.67. The van der Waals surface area contributed by atoms with E-state index in [9.17, 15) is 4.79 Å². The van der Waals surface area contributed by atoms with Gasteiger partial charge in [-0.05, 0) is 38.0 Å². The van der Waals surface area contributed by atoms with Crippen molar-refractivity contribution in [3.05, 3.63) is 41.2 Å². The molecule has 0 spiro atoms. The number of amides is 1. The zero-order valence-electron chi connectivity index (χ0n) is 13.8. The van der Waals surface area contributed by atoms with Crippen LogP contribution >= 0.6 is 0 Å². The van der Waals surface area contributed by atoms with Crippen LogP contribution in [0.1, 0.15) is 35.6 Å². The standard InChI is InChI=1S/C17H23N3O2/c1-11(2)10-22-15-8-6-7-14(9-15)17(21)18-16-12(3)19-20(5)13(16)4/h6-9,11H,10H2,1-5H3,(H,18,21). The fraction of sp³-hybridized carbons (Fsp3) is 0.412. The molecule has 0 saturated heterocycles. The zero-order valence-corrected chi connectivity index (χ0v) is 13.8. The van der Waals surface area contributed by atoms with Crippen molar-refractivity contribution in [2.45, 2.75) is 27.7 Å². The Labute approximate surface area is 131 Å². The number of anilines is 1. The van der Waals surface area contributed by atoms with Crippen molar-refractivity contribution in [1.29, 1.82) is 0 Å². The van der Waals surface area contributed by atoms with Gasteiger partial charge in [-0.25, -0.2) is 0 Å². The molecule has 0 aliphatic heterocycles. The number of hydrogen-bond acceptors (Lipinski definition) is 3. The second-order valence-electron chi connectivity index (χ2n) is 5.86. The van der Waals surface area contributed by atoms with Crippen LogP contribution in [0.15, 0.2) is 24.3 Å². The van der Waals surface area contributed by atoms with Gasteiger partial charge >= 0.3 is 0 Å². The van der Waals surface area contributed by atoms with Gasteiger partial charge in [0, 0.05) is 12.6 Å². The molecule has 0 radical (unpaired) electrons. The second kappa shape index (κ2) is 6.64. The molecular weight excluding hydrogens is 278 g/mol. The molecule has 5 heteroatoms. The summed E-state index contributed by atoms with van der Waals surface area (Å²) in [7, 11) is 1.86. The van der Waals surface area contributed by atoms with E-state index in [1.807, 2.05) is 33.0 Å². The summed E-state index contributed by atoms with van der Waals surface area (Å²) in [5, 5.41) is 7.23. The summed E-state index contributed by atoms with van der Waals surface area (Å²) in [6, 6.07) is 7.23. The highest BCUT2D eigenvalue weighted by Crippen LogP contribution is 2.20. The first-order chi connectivity index (χ1) is 10.4. The number of carbonyl (C=O) groups excluding carboxylic acids is 1. The maximum absolute atomic E-state index is 12.4. The Morgan fingerprint density at radius 3 is 2.68 bits per heavy atom. The van der Waals surface area contributed by atoms with Gasteiger partial charge in [-0.2, -0.15) is 5.10 Å². The minimum Gasteiger partial charge on any atom is -0.493 e. The number of hydrogen-bond donors (Lipinski definition) is 1. The molecule has 1 heterocycles. The molecule has 1 amide bonds. The summed E-state index contributed by atoms with van der Waals surface area (Å²) in [4.78, 5) is 12.4. The number of rotatable bonds is 5. The molecule has 0 bridgehead atoms. The van der Waals surface area contributed by atoms with Crippen LogP contribution in [0.4, 0.5) is 5.69 Å². The SMILES string of the molecule is Cc1nn(C)c(C)c1NC(=O)c1cccc(OCC(C)C)c1. The van der Waals surface area contributed by atoms with Gasteiger partial charge in [0.05, 0.1) is 23.7 Å². The van der Waals surface area contributed by atoms with Crippen LogP contribution in [-0.4, -0.2) is 22.3 Å². The van der Waals surface area contributed by atoms with Crippen molar-refractivity contribution in [3.63, 3.8) is 0 Å². The molecule has 0 atom stereocenters. The quantitative estimate of drug-likeness (QED) is 0.921. The molecule has 0 saturated carbocycles. The summed E-state index contributed by atoms with van der Waals surface area (Å²) >= 11 is 0. The van der Waals surface area contributed by atoms with E-state index in [1.54, 1.807) is 16.8 Å². The van der Waals surface area contributed by atoms with Gasteiger partial charge in [0.15, 0.2) is 0 Å². The first-order valence-electron chi connectivity index (χ1n) is 7.43. The topological polar surface area (TPSA) is 56.2 Å². The van der Waals surface area contributed by atoms with Crippen LogP contribution in [0.3, 0.4) is 0 Å². The Hall–Kier alpha value is -2.30. The summed E-state index contributed by atoms with van der Waals surface area (Å²) in [5.41, 5.74) is 3.07. The lowest BCUT2D eigenvalue weighted by Crippen LogP contribution is -2.13. The van der Waals surface area contributed by atoms with E-state index in [2.05, 4.69) is 24.3 Å². The van der Waals surface area contributed by atoms with E-state index in [1.165, 1.54) is 0 Å². The summed E-state index contributed by atoms with van der Waals surface area (Å²) in [6.07, 6.45) is 0. The normalized spacial score (nSPS) is 10.8. The Morgan fingerprint density at radius 1 is 1.36 bits per heavy atom. The highest BCUT2D eigenvalue weighted by molar-refractivity contribution is 6.05. The van der Waals surface area contributed by atoms with Gasteiger partial charge in [0.25, 0.3) is 5.91 Å². The molecule has 0 aliphatic rings. The van der Waals surface area contributed by atoms with Gasteiger partial charge in [0.1, 0.15) is 5.75 Å². The fourth-order valence-corrected chi connectivity index (χ4v) is 2.13. The fourth-order valence-electron chi connectivity index (χ4n) is 2.13. The Morgan fingerprint density at radius 2 is 2.09 bits per heavy atom. The average Bonchev–Trinajstić information content (AvgIpc) is 2.72. The van der Waals surface area contributed by atoms with Gasteiger partial charge in [-0.3, -0.25) is 9.48 Å². The monoisotopic (exact) mass is 301 g/mol. The van der Waals surface area contributed by atoms with Crippen LogP contribution in [0.2, 0.25) is 0 Å². The molecule has 1 aromatic heterocycles. The lowest BCUT2D eigenvalue weighted by Gasteiger charge is -2.10. The Bertz CT molecular complexity index is 675. The van der Waals surface area contributed by atoms with Gasteiger partial charge in [-0.1, -0.05) is 19.9 Å². The number of ether oxygens (including phenoxy) is 1. The minimum absolute atomic E-state index is 0.158. The van der Waals surface area contributed by atoms with Crippen LogP contribution in [-0.2, 0) is 7.05 Å². The number of nitrogens with one attached hydrogen (secondary N) is 1. The lowest BCUT2D eigenvalue weighted by molar-refractivity contribution is 0.102. The zero-order chi connectivity index (χ0) is 16.3. The molecule has 0 unspecified atom stereocenters. The number of benzene rings is 1. The molecule has 5 nitrogen and oxygen atoms in total. The number of nitrogens with zero attached hydrogens (tertiary/aromatic N) is 2. The van der Waals surface area contributed by atoms with Crippen LogP contribution in [0.5, 0.6) is 5.75 Å². The highest BCUT2D eigenvalue weighted by Gasteiger charge is 2.14. The average molecular weight is 301 g/mol. The molecule has 1 N–H and O–H groups in total. The van der Waals surface area contributed by atoms with Gasteiger partial charge in [-0.15, -0.1) is 0 Å². The highest BCUT2D eigenvalue weighted by atomic mass is 16.5. The van der Waals surface area contributed by atoms with E-state index >= 15 is 0 Å². The van der Waals surface area contributed by atoms with Gasteiger partial charge in [0.2, 0.25) is 0 Å². The van der Waals surface area contributed by atoms with E-state index in [0.29, 0.717) is 23.8 Å². The predicted octanol–water partition coefficient (Wildman–Crippen LogP) is 3.32. The molecular formula is C17H23N3O2. The molecule has 0 aliphatic carbocycles. The first kappa shape index (κ1) is 16.1. The molecule has 2 rings (SSSR count). The number of carbonyl (C=O) groups is 1. The van der Waals surface area contributed by atoms with Crippen molar-refractivity contribution in [3.8, 4) is 5.75 Å². The summed E-state index contributed by atoms with van der Waals surface area (Å²) < 4.78 is 7.42. The molecule has 2 aromatic rings. The first-order valence-corrected chi connectivity index (χ1v) is 7.43.